The highest BCUT2D eigenvalue weighted by atomic mass is 16.2. The molecule has 0 saturated carbocycles. The molecular weight excluding hydrogens is 352 g/mol. The number of hydrogen-bond donors (Lipinski definition) is 0. The minimum atomic E-state index is 0.0527. The van der Waals surface area contributed by atoms with Crippen LogP contribution in [0, 0.1) is 6.92 Å². The van der Waals surface area contributed by atoms with Crippen LogP contribution in [0.5, 0.6) is 0 Å². The largest absolute Gasteiger partial charge is 0.339 e. The molecule has 144 valence electrons. The normalized spacial score (nSPS) is 16.8. The smallest absolute Gasteiger partial charge is 0.254 e. The van der Waals surface area contributed by atoms with E-state index in [0.717, 1.165) is 30.6 Å². The predicted octanol–water partition coefficient (Wildman–Crippen LogP) is 2.71. The summed E-state index contributed by atoms with van der Waals surface area (Å²) >= 11 is 0. The zero-order valence-electron chi connectivity index (χ0n) is 16.2. The first-order valence-electron chi connectivity index (χ1n) is 9.52. The lowest BCUT2D eigenvalue weighted by Gasteiger charge is -2.37. The van der Waals surface area contributed by atoms with Crippen molar-refractivity contribution in [3.8, 4) is 5.69 Å². The van der Waals surface area contributed by atoms with Gasteiger partial charge >= 0.3 is 0 Å². The molecule has 1 aliphatic heterocycles. The number of aromatic nitrogens is 4. The Morgan fingerprint density at radius 3 is 2.79 bits per heavy atom. The monoisotopic (exact) mass is 376 g/mol. The van der Waals surface area contributed by atoms with Crippen molar-refractivity contribution in [1.82, 2.24) is 24.6 Å². The van der Waals surface area contributed by atoms with Crippen molar-refractivity contribution in [3.05, 3.63) is 66.2 Å². The van der Waals surface area contributed by atoms with Gasteiger partial charge in [-0.3, -0.25) is 4.79 Å². The van der Waals surface area contributed by atoms with Crippen LogP contribution in [-0.2, 0) is 0 Å². The van der Waals surface area contributed by atoms with Crippen molar-refractivity contribution >= 4 is 11.9 Å². The van der Waals surface area contributed by atoms with Crippen molar-refractivity contribution in [1.29, 1.82) is 0 Å². The van der Waals surface area contributed by atoms with Gasteiger partial charge in [0.05, 0.1) is 5.69 Å². The van der Waals surface area contributed by atoms with E-state index in [1.165, 1.54) is 0 Å². The van der Waals surface area contributed by atoms with E-state index in [9.17, 15) is 4.79 Å². The van der Waals surface area contributed by atoms with Crippen molar-refractivity contribution in [2.24, 2.45) is 0 Å². The topological polar surface area (TPSA) is 67.2 Å². The Balaban J connectivity index is 1.49. The first kappa shape index (κ1) is 18.2. The van der Waals surface area contributed by atoms with Gasteiger partial charge in [0, 0.05) is 56.5 Å². The van der Waals surface area contributed by atoms with Gasteiger partial charge < -0.3 is 9.80 Å². The van der Waals surface area contributed by atoms with Crippen LogP contribution in [0.1, 0.15) is 28.8 Å². The van der Waals surface area contributed by atoms with Crippen molar-refractivity contribution in [2.45, 2.75) is 25.8 Å². The summed E-state index contributed by atoms with van der Waals surface area (Å²) in [5.41, 5.74) is 2.60. The number of piperidine rings is 1. The molecule has 1 unspecified atom stereocenters. The van der Waals surface area contributed by atoms with Crippen LogP contribution in [0.4, 0.5) is 5.95 Å². The summed E-state index contributed by atoms with van der Waals surface area (Å²) in [6, 6.07) is 9.68. The maximum Gasteiger partial charge on any atom is 0.254 e. The third-order valence-corrected chi connectivity index (χ3v) is 5.18. The highest BCUT2D eigenvalue weighted by molar-refractivity contribution is 5.94. The fourth-order valence-corrected chi connectivity index (χ4v) is 3.57. The molecule has 0 N–H and O–H groups in total. The van der Waals surface area contributed by atoms with Gasteiger partial charge in [0.25, 0.3) is 5.91 Å². The number of likely N-dealkylation sites (N-methyl/N-ethyl adjacent to an activating group) is 1. The van der Waals surface area contributed by atoms with Crippen LogP contribution in [0.25, 0.3) is 5.69 Å². The fraction of sp³-hybridized carbons (Fsp3) is 0.333. The Morgan fingerprint density at radius 1 is 1.21 bits per heavy atom. The number of rotatable bonds is 4. The quantitative estimate of drug-likeness (QED) is 0.700. The number of benzene rings is 1. The predicted molar refractivity (Wildman–Crippen MR) is 108 cm³/mol. The zero-order valence-corrected chi connectivity index (χ0v) is 16.2. The second kappa shape index (κ2) is 7.80. The minimum absolute atomic E-state index is 0.0527. The Morgan fingerprint density at radius 2 is 2.04 bits per heavy atom. The average Bonchev–Trinajstić information content (AvgIpc) is 3.28. The molecule has 7 heteroatoms. The lowest BCUT2D eigenvalue weighted by atomic mass is 10.0. The molecule has 0 spiro atoms. The fourth-order valence-electron chi connectivity index (χ4n) is 3.57. The highest BCUT2D eigenvalue weighted by Gasteiger charge is 2.28. The van der Waals surface area contributed by atoms with Gasteiger partial charge in [-0.1, -0.05) is 6.07 Å². The number of anilines is 1. The molecule has 4 rings (SSSR count). The molecule has 3 heterocycles. The summed E-state index contributed by atoms with van der Waals surface area (Å²) in [6.45, 7) is 3.41. The molecule has 1 aliphatic rings. The van der Waals surface area contributed by atoms with Crippen molar-refractivity contribution < 1.29 is 4.79 Å². The maximum atomic E-state index is 13.1. The molecule has 0 aliphatic carbocycles. The molecule has 7 nitrogen and oxygen atoms in total. The number of likely N-dealkylation sites (tertiary alicyclic amines) is 1. The van der Waals surface area contributed by atoms with Crippen molar-refractivity contribution in [3.63, 3.8) is 0 Å². The number of hydrogen-bond acceptors (Lipinski definition) is 5. The van der Waals surface area contributed by atoms with Gasteiger partial charge in [-0.05, 0) is 49.6 Å². The number of amides is 1. The van der Waals surface area contributed by atoms with Gasteiger partial charge in [-0.2, -0.15) is 5.10 Å². The second-order valence-corrected chi connectivity index (χ2v) is 7.22. The summed E-state index contributed by atoms with van der Waals surface area (Å²) < 4.78 is 1.76. The van der Waals surface area contributed by atoms with E-state index in [1.54, 1.807) is 10.9 Å². The summed E-state index contributed by atoms with van der Waals surface area (Å²) in [5, 5.41) is 4.25. The number of carbonyl (C=O) groups is 1. The van der Waals surface area contributed by atoms with Crippen LogP contribution < -0.4 is 4.90 Å². The first-order valence-corrected chi connectivity index (χ1v) is 9.52. The molecular formula is C21H24N6O. The van der Waals surface area contributed by atoms with Crippen LogP contribution in [0.2, 0.25) is 0 Å². The molecule has 3 aromatic rings. The number of carbonyl (C=O) groups excluding carboxylic acids is 1. The lowest BCUT2D eigenvalue weighted by molar-refractivity contribution is 0.0707. The molecule has 1 aromatic carbocycles. The summed E-state index contributed by atoms with van der Waals surface area (Å²) in [5.74, 6) is 0.752. The molecule has 1 saturated heterocycles. The van der Waals surface area contributed by atoms with E-state index >= 15 is 0 Å². The maximum absolute atomic E-state index is 13.1. The van der Waals surface area contributed by atoms with E-state index < -0.39 is 0 Å². The van der Waals surface area contributed by atoms with E-state index in [0.29, 0.717) is 18.1 Å². The highest BCUT2D eigenvalue weighted by Crippen LogP contribution is 2.21. The van der Waals surface area contributed by atoms with E-state index in [1.807, 2.05) is 67.8 Å². The van der Waals surface area contributed by atoms with E-state index in [-0.39, 0.29) is 11.9 Å². The molecule has 1 atom stereocenters. The Kier molecular flexibility index (Phi) is 5.06. The van der Waals surface area contributed by atoms with Gasteiger partial charge in [0.2, 0.25) is 5.95 Å². The molecule has 0 radical (unpaired) electrons. The van der Waals surface area contributed by atoms with Crippen LogP contribution in [0.15, 0.2) is 55.1 Å². The average molecular weight is 376 g/mol. The van der Waals surface area contributed by atoms with E-state index in [2.05, 4.69) is 20.0 Å². The molecule has 28 heavy (non-hydrogen) atoms. The minimum Gasteiger partial charge on any atom is -0.339 e. The number of nitrogens with zero attached hydrogens (tertiary/aromatic N) is 6. The zero-order chi connectivity index (χ0) is 19.5. The van der Waals surface area contributed by atoms with Gasteiger partial charge in [-0.25, -0.2) is 14.6 Å². The summed E-state index contributed by atoms with van der Waals surface area (Å²) in [4.78, 5) is 26.0. The SMILES string of the molecule is Cc1cnc(N(C)C2CCCN(C(=O)c3cccc(-n4cccn4)c3)C2)nc1. The second-order valence-electron chi connectivity index (χ2n) is 7.22. The van der Waals surface area contributed by atoms with Gasteiger partial charge in [-0.15, -0.1) is 0 Å². The van der Waals surface area contributed by atoms with Crippen LogP contribution >= 0.6 is 0 Å². The third-order valence-electron chi connectivity index (χ3n) is 5.18. The summed E-state index contributed by atoms with van der Waals surface area (Å²) in [7, 11) is 2.00. The first-order chi connectivity index (χ1) is 13.6. The Bertz CT molecular complexity index is 938. The molecule has 1 fully saturated rings. The third kappa shape index (κ3) is 3.74. The standard InChI is InChI=1S/C21H24N6O/c1-16-13-22-21(23-14-16)25(2)19-8-4-10-26(15-19)20(28)17-6-3-7-18(12-17)27-11-5-9-24-27/h3,5-7,9,11-14,19H,4,8,10,15H2,1-2H3. The van der Waals surface area contributed by atoms with Crippen molar-refractivity contribution in [2.75, 3.05) is 25.0 Å². The molecule has 2 aromatic heterocycles. The van der Waals surface area contributed by atoms with Crippen LogP contribution in [-0.4, -0.2) is 56.7 Å². The number of aryl methyl sites for hydroxylation is 1. The van der Waals surface area contributed by atoms with Gasteiger partial charge in [0.1, 0.15) is 0 Å². The lowest BCUT2D eigenvalue weighted by Crippen LogP contribution is -2.49. The van der Waals surface area contributed by atoms with E-state index in [4.69, 9.17) is 0 Å². The molecule has 0 bridgehead atoms. The molecule has 1 amide bonds. The van der Waals surface area contributed by atoms with Gasteiger partial charge in [0.15, 0.2) is 0 Å². The Hall–Kier alpha value is -3.22. The van der Waals surface area contributed by atoms with Crippen LogP contribution in [0.3, 0.4) is 0 Å². The Labute approximate surface area is 164 Å². The summed E-state index contributed by atoms with van der Waals surface area (Å²) in [6.07, 6.45) is 9.23.